The van der Waals surface area contributed by atoms with Crippen LogP contribution in [0, 0.1) is 6.92 Å². The van der Waals surface area contributed by atoms with Crippen LogP contribution in [-0.4, -0.2) is 57.4 Å². The van der Waals surface area contributed by atoms with Gasteiger partial charge in [0.05, 0.1) is 12.2 Å². The maximum absolute atomic E-state index is 12.8. The van der Waals surface area contributed by atoms with Crippen molar-refractivity contribution in [1.29, 1.82) is 0 Å². The van der Waals surface area contributed by atoms with Gasteiger partial charge in [0.15, 0.2) is 0 Å². The SMILES string of the molecule is Cc1ccc(=O)n(CCN2CCN(c3cc(C(F)(F)F)ncn3)CC2)n1. The van der Waals surface area contributed by atoms with Crippen molar-refractivity contribution in [1.82, 2.24) is 24.6 Å². The van der Waals surface area contributed by atoms with Gasteiger partial charge in [-0.3, -0.25) is 9.69 Å². The Bertz CT molecular complexity index is 814. The minimum absolute atomic E-state index is 0.144. The number of rotatable bonds is 4. The van der Waals surface area contributed by atoms with Gasteiger partial charge < -0.3 is 4.90 Å². The molecule has 0 amide bonds. The maximum Gasteiger partial charge on any atom is 0.433 e. The molecule has 1 fully saturated rings. The lowest BCUT2D eigenvalue weighted by atomic mass is 10.3. The van der Waals surface area contributed by atoms with Crippen LogP contribution in [0.3, 0.4) is 0 Å². The lowest BCUT2D eigenvalue weighted by Crippen LogP contribution is -2.48. The molecule has 0 bridgehead atoms. The van der Waals surface area contributed by atoms with Gasteiger partial charge in [-0.2, -0.15) is 18.3 Å². The number of aryl methyl sites for hydroxylation is 1. The van der Waals surface area contributed by atoms with Gasteiger partial charge in [0, 0.05) is 44.9 Å². The summed E-state index contributed by atoms with van der Waals surface area (Å²) in [6.45, 7) is 5.42. The van der Waals surface area contributed by atoms with Crippen molar-refractivity contribution in [2.45, 2.75) is 19.6 Å². The minimum Gasteiger partial charge on any atom is -0.354 e. The third kappa shape index (κ3) is 4.37. The Morgan fingerprint density at radius 1 is 1.08 bits per heavy atom. The molecule has 0 saturated carbocycles. The summed E-state index contributed by atoms with van der Waals surface area (Å²) in [7, 11) is 0. The van der Waals surface area contributed by atoms with E-state index in [1.165, 1.54) is 10.7 Å². The number of aromatic nitrogens is 4. The Morgan fingerprint density at radius 2 is 1.81 bits per heavy atom. The molecule has 7 nitrogen and oxygen atoms in total. The first-order valence-corrected chi connectivity index (χ1v) is 8.24. The van der Waals surface area contributed by atoms with Crippen LogP contribution in [0.1, 0.15) is 11.4 Å². The first-order chi connectivity index (χ1) is 12.3. The van der Waals surface area contributed by atoms with Crippen LogP contribution in [0.4, 0.5) is 19.0 Å². The lowest BCUT2D eigenvalue weighted by molar-refractivity contribution is -0.141. The number of hydrogen-bond donors (Lipinski definition) is 0. The smallest absolute Gasteiger partial charge is 0.354 e. The zero-order valence-corrected chi connectivity index (χ0v) is 14.3. The lowest BCUT2D eigenvalue weighted by Gasteiger charge is -2.35. The van der Waals surface area contributed by atoms with Gasteiger partial charge in [-0.1, -0.05) is 0 Å². The molecule has 10 heteroatoms. The van der Waals surface area contributed by atoms with Crippen LogP contribution in [-0.2, 0) is 12.7 Å². The minimum atomic E-state index is -4.48. The first kappa shape index (κ1) is 18.3. The van der Waals surface area contributed by atoms with Crippen molar-refractivity contribution >= 4 is 5.82 Å². The van der Waals surface area contributed by atoms with Crippen molar-refractivity contribution in [3.63, 3.8) is 0 Å². The van der Waals surface area contributed by atoms with E-state index in [0.717, 1.165) is 18.1 Å². The largest absolute Gasteiger partial charge is 0.433 e. The summed E-state index contributed by atoms with van der Waals surface area (Å²) in [5, 5.41) is 4.20. The average Bonchev–Trinajstić information content (AvgIpc) is 2.62. The summed E-state index contributed by atoms with van der Waals surface area (Å²) >= 11 is 0. The molecule has 3 heterocycles. The zero-order chi connectivity index (χ0) is 18.7. The summed E-state index contributed by atoms with van der Waals surface area (Å²) in [6.07, 6.45) is -3.53. The molecular weight excluding hydrogens is 349 g/mol. The fraction of sp³-hybridized carbons (Fsp3) is 0.500. The topological polar surface area (TPSA) is 67.2 Å². The Balaban J connectivity index is 1.56. The number of piperazine rings is 1. The summed E-state index contributed by atoms with van der Waals surface area (Å²) < 4.78 is 39.7. The van der Waals surface area contributed by atoms with Crippen LogP contribution in [0.2, 0.25) is 0 Å². The van der Waals surface area contributed by atoms with Crippen LogP contribution in [0.15, 0.2) is 29.3 Å². The van der Waals surface area contributed by atoms with Gasteiger partial charge >= 0.3 is 6.18 Å². The van der Waals surface area contributed by atoms with Crippen molar-refractivity contribution in [2.24, 2.45) is 0 Å². The fourth-order valence-corrected chi connectivity index (χ4v) is 2.82. The van der Waals surface area contributed by atoms with E-state index < -0.39 is 11.9 Å². The predicted molar refractivity (Wildman–Crippen MR) is 88.9 cm³/mol. The van der Waals surface area contributed by atoms with Crippen LogP contribution < -0.4 is 10.5 Å². The normalized spacial score (nSPS) is 16.1. The third-order valence-corrected chi connectivity index (χ3v) is 4.27. The molecule has 1 aliphatic heterocycles. The quantitative estimate of drug-likeness (QED) is 0.808. The second-order valence-electron chi connectivity index (χ2n) is 6.12. The summed E-state index contributed by atoms with van der Waals surface area (Å²) in [4.78, 5) is 23.0. The standard InChI is InChI=1S/C16H19F3N6O/c1-12-2-3-15(26)25(22-12)9-6-23-4-7-24(8-5-23)14-10-13(16(17,18)19)20-11-21-14/h2-3,10-11H,4-9H2,1H3. The van der Waals surface area contributed by atoms with Crippen molar-refractivity contribution in [2.75, 3.05) is 37.6 Å². The highest BCUT2D eigenvalue weighted by atomic mass is 19.4. The molecule has 140 valence electrons. The molecule has 3 rings (SSSR count). The van der Waals surface area contributed by atoms with E-state index in [1.54, 1.807) is 6.07 Å². The van der Waals surface area contributed by atoms with Gasteiger partial charge in [0.25, 0.3) is 5.56 Å². The van der Waals surface area contributed by atoms with Gasteiger partial charge in [-0.05, 0) is 13.0 Å². The molecule has 0 N–H and O–H groups in total. The van der Waals surface area contributed by atoms with Gasteiger partial charge in [0.2, 0.25) is 0 Å². The Labute approximate surface area is 148 Å². The molecular formula is C16H19F3N6O. The van der Waals surface area contributed by atoms with Crippen LogP contribution in [0.25, 0.3) is 0 Å². The van der Waals surface area contributed by atoms with Gasteiger partial charge in [0.1, 0.15) is 17.8 Å². The molecule has 0 radical (unpaired) electrons. The van der Waals surface area contributed by atoms with Crippen molar-refractivity contribution < 1.29 is 13.2 Å². The van der Waals surface area contributed by atoms with Crippen LogP contribution >= 0.6 is 0 Å². The number of hydrogen-bond acceptors (Lipinski definition) is 6. The molecule has 26 heavy (non-hydrogen) atoms. The molecule has 0 spiro atoms. The molecule has 0 unspecified atom stereocenters. The van der Waals surface area contributed by atoms with Crippen molar-refractivity contribution in [3.8, 4) is 0 Å². The summed E-state index contributed by atoms with van der Waals surface area (Å²) in [5.74, 6) is 0.281. The highest BCUT2D eigenvalue weighted by molar-refractivity contribution is 5.40. The molecule has 0 atom stereocenters. The third-order valence-electron chi connectivity index (χ3n) is 4.27. The molecule has 0 aromatic carbocycles. The van der Waals surface area contributed by atoms with E-state index in [0.29, 0.717) is 39.3 Å². The van der Waals surface area contributed by atoms with Crippen LogP contribution in [0.5, 0.6) is 0 Å². The molecule has 2 aromatic rings. The first-order valence-electron chi connectivity index (χ1n) is 8.24. The fourth-order valence-electron chi connectivity index (χ4n) is 2.82. The number of anilines is 1. The van der Waals surface area contributed by atoms with E-state index in [4.69, 9.17) is 0 Å². The van der Waals surface area contributed by atoms with E-state index in [1.807, 2.05) is 11.8 Å². The zero-order valence-electron chi connectivity index (χ0n) is 14.3. The Morgan fingerprint density at radius 3 is 2.50 bits per heavy atom. The number of nitrogens with zero attached hydrogens (tertiary/aromatic N) is 6. The Hall–Kier alpha value is -2.49. The van der Waals surface area contributed by atoms with E-state index in [9.17, 15) is 18.0 Å². The summed E-state index contributed by atoms with van der Waals surface area (Å²) in [5.41, 5.74) is -0.302. The van der Waals surface area contributed by atoms with Gasteiger partial charge in [-0.15, -0.1) is 0 Å². The summed E-state index contributed by atoms with van der Waals surface area (Å²) in [6, 6.07) is 4.15. The molecule has 1 saturated heterocycles. The average molecular weight is 368 g/mol. The monoisotopic (exact) mass is 368 g/mol. The number of halogens is 3. The highest BCUT2D eigenvalue weighted by Crippen LogP contribution is 2.29. The number of alkyl halides is 3. The Kier molecular flexibility index (Phi) is 5.21. The molecule has 1 aliphatic rings. The maximum atomic E-state index is 12.8. The van der Waals surface area contributed by atoms with E-state index in [-0.39, 0.29) is 11.4 Å². The molecule has 2 aromatic heterocycles. The van der Waals surface area contributed by atoms with Crippen molar-refractivity contribution in [3.05, 3.63) is 46.3 Å². The van der Waals surface area contributed by atoms with E-state index >= 15 is 0 Å². The second kappa shape index (κ2) is 7.40. The van der Waals surface area contributed by atoms with Gasteiger partial charge in [-0.25, -0.2) is 14.6 Å². The van der Waals surface area contributed by atoms with E-state index in [2.05, 4.69) is 20.0 Å². The second-order valence-corrected chi connectivity index (χ2v) is 6.12. The predicted octanol–water partition coefficient (Wildman–Crippen LogP) is 1.18. The molecule has 0 aliphatic carbocycles. The highest BCUT2D eigenvalue weighted by Gasteiger charge is 2.33.